The van der Waals surface area contributed by atoms with Crippen molar-refractivity contribution in [3.63, 3.8) is 0 Å². The first-order valence-corrected chi connectivity index (χ1v) is 7.74. The molecule has 0 aliphatic carbocycles. The van der Waals surface area contributed by atoms with E-state index in [9.17, 15) is 4.79 Å². The zero-order valence-corrected chi connectivity index (χ0v) is 14.4. The Morgan fingerprint density at radius 1 is 1.38 bits per heavy atom. The average Bonchev–Trinajstić information content (AvgIpc) is 3.06. The second-order valence-corrected chi connectivity index (χ2v) is 5.43. The number of carbonyl (C=O) groups is 1. The summed E-state index contributed by atoms with van der Waals surface area (Å²) < 4.78 is 12.7. The highest BCUT2D eigenvalue weighted by Crippen LogP contribution is 2.33. The fourth-order valence-corrected chi connectivity index (χ4v) is 2.49. The molecule has 0 radical (unpaired) electrons. The number of carbonyl (C=O) groups excluding carboxylic acids is 1. The minimum atomic E-state index is -0.158. The Bertz CT molecular complexity index is 709. The smallest absolute Gasteiger partial charge is 0.251 e. The van der Waals surface area contributed by atoms with E-state index >= 15 is 0 Å². The lowest BCUT2D eigenvalue weighted by molar-refractivity contribution is 0.0936. The van der Waals surface area contributed by atoms with Gasteiger partial charge in [-0.1, -0.05) is 12.2 Å². The maximum absolute atomic E-state index is 12.6. The predicted octanol–water partition coefficient (Wildman–Crippen LogP) is 2.75. The summed E-state index contributed by atoms with van der Waals surface area (Å²) in [4.78, 5) is 16.5. The maximum Gasteiger partial charge on any atom is 0.251 e. The van der Waals surface area contributed by atoms with Crippen LogP contribution in [0, 0.1) is 0 Å². The van der Waals surface area contributed by atoms with Gasteiger partial charge in [-0.15, -0.1) is 0 Å². The zero-order chi connectivity index (χ0) is 17.5. The molecule has 0 aliphatic rings. The van der Waals surface area contributed by atoms with E-state index in [0.29, 0.717) is 23.6 Å². The molecule has 1 N–H and O–H groups in total. The summed E-state index contributed by atoms with van der Waals surface area (Å²) in [6.45, 7) is 4.51. The number of hydrogen-bond acceptors (Lipinski definition) is 4. The van der Waals surface area contributed by atoms with Crippen LogP contribution >= 0.6 is 0 Å². The first kappa shape index (κ1) is 17.6. The molecule has 2 rings (SSSR count). The van der Waals surface area contributed by atoms with Crippen molar-refractivity contribution in [2.75, 3.05) is 14.2 Å². The molecular formula is C18H23N3O3. The number of aromatic nitrogens is 2. The number of methoxy groups -OCH3 is 2. The third-order valence-electron chi connectivity index (χ3n) is 3.54. The van der Waals surface area contributed by atoms with Gasteiger partial charge in [-0.2, -0.15) is 0 Å². The number of ether oxygens (including phenoxy) is 2. The molecule has 1 amide bonds. The van der Waals surface area contributed by atoms with E-state index in [1.165, 1.54) is 0 Å². The third-order valence-corrected chi connectivity index (χ3v) is 3.54. The SMILES string of the molecule is C/C=C\c1cc(C(=O)N[C@H](C)Cn2ccnc2)cc(OC)c1OC. The van der Waals surface area contributed by atoms with Crippen LogP contribution in [-0.4, -0.2) is 35.7 Å². The number of nitrogens with zero attached hydrogens (tertiary/aromatic N) is 2. The third kappa shape index (κ3) is 4.16. The first-order valence-electron chi connectivity index (χ1n) is 7.74. The molecule has 128 valence electrons. The summed E-state index contributed by atoms with van der Waals surface area (Å²) in [5, 5.41) is 2.98. The van der Waals surface area contributed by atoms with Crippen LogP contribution < -0.4 is 14.8 Å². The van der Waals surface area contributed by atoms with Gasteiger partial charge >= 0.3 is 0 Å². The number of amides is 1. The van der Waals surface area contributed by atoms with Gasteiger partial charge in [-0.25, -0.2) is 4.98 Å². The second kappa shape index (κ2) is 8.19. The fraction of sp³-hybridized carbons (Fsp3) is 0.333. The van der Waals surface area contributed by atoms with Gasteiger partial charge in [0.1, 0.15) is 0 Å². The Labute approximate surface area is 142 Å². The molecular weight excluding hydrogens is 306 g/mol. The molecule has 0 saturated carbocycles. The molecule has 6 nitrogen and oxygen atoms in total. The van der Waals surface area contributed by atoms with Crippen LogP contribution in [0.2, 0.25) is 0 Å². The van der Waals surface area contributed by atoms with Crippen molar-refractivity contribution in [1.82, 2.24) is 14.9 Å². The monoisotopic (exact) mass is 329 g/mol. The Morgan fingerprint density at radius 2 is 2.17 bits per heavy atom. The lowest BCUT2D eigenvalue weighted by atomic mass is 10.1. The van der Waals surface area contributed by atoms with Crippen molar-refractivity contribution < 1.29 is 14.3 Å². The van der Waals surface area contributed by atoms with Crippen molar-refractivity contribution in [3.8, 4) is 11.5 Å². The van der Waals surface area contributed by atoms with Gasteiger partial charge in [0.05, 0.1) is 20.5 Å². The van der Waals surface area contributed by atoms with Gasteiger partial charge in [-0.05, 0) is 26.0 Å². The summed E-state index contributed by atoms with van der Waals surface area (Å²) in [5.74, 6) is 0.980. The van der Waals surface area contributed by atoms with Crippen LogP contribution in [-0.2, 0) is 6.54 Å². The van der Waals surface area contributed by atoms with Crippen LogP contribution in [0.5, 0.6) is 11.5 Å². The normalized spacial score (nSPS) is 12.2. The lowest BCUT2D eigenvalue weighted by Gasteiger charge is -2.16. The molecule has 0 fully saturated rings. The molecule has 0 unspecified atom stereocenters. The molecule has 6 heteroatoms. The quantitative estimate of drug-likeness (QED) is 0.848. The first-order chi connectivity index (χ1) is 11.6. The molecule has 24 heavy (non-hydrogen) atoms. The standard InChI is InChI=1S/C18H23N3O3/c1-5-6-14-9-15(10-16(23-3)17(14)24-4)18(22)20-13(2)11-21-8-7-19-12-21/h5-10,12-13H,11H2,1-4H3,(H,20,22)/b6-5-/t13-/m1/s1. The molecule has 0 aliphatic heterocycles. The largest absolute Gasteiger partial charge is 0.493 e. The number of hydrogen-bond donors (Lipinski definition) is 1. The fourth-order valence-electron chi connectivity index (χ4n) is 2.49. The van der Waals surface area contributed by atoms with Gasteiger partial charge in [0, 0.05) is 36.1 Å². The van der Waals surface area contributed by atoms with Crippen LogP contribution in [0.15, 0.2) is 36.9 Å². The van der Waals surface area contributed by atoms with Crippen LogP contribution in [0.4, 0.5) is 0 Å². The van der Waals surface area contributed by atoms with Gasteiger partial charge in [0.25, 0.3) is 5.91 Å². The minimum Gasteiger partial charge on any atom is -0.493 e. The van der Waals surface area contributed by atoms with Crippen molar-refractivity contribution in [2.45, 2.75) is 26.4 Å². The predicted molar refractivity (Wildman–Crippen MR) is 93.4 cm³/mol. The molecule has 2 aromatic rings. The van der Waals surface area contributed by atoms with Crippen molar-refractivity contribution in [3.05, 3.63) is 48.1 Å². The van der Waals surface area contributed by atoms with Crippen molar-refractivity contribution in [1.29, 1.82) is 0 Å². The summed E-state index contributed by atoms with van der Waals surface area (Å²) in [5.41, 5.74) is 1.32. The van der Waals surface area contributed by atoms with Gasteiger partial charge in [-0.3, -0.25) is 4.79 Å². The Balaban J connectivity index is 2.20. The number of benzene rings is 1. The van der Waals surface area contributed by atoms with Gasteiger partial charge in [0.2, 0.25) is 0 Å². The summed E-state index contributed by atoms with van der Waals surface area (Å²) in [7, 11) is 3.14. The number of imidazole rings is 1. The Kier molecular flexibility index (Phi) is 6.01. The van der Waals surface area contributed by atoms with Crippen LogP contribution in [0.3, 0.4) is 0 Å². The molecule has 0 saturated heterocycles. The van der Waals surface area contributed by atoms with Gasteiger partial charge in [0.15, 0.2) is 11.5 Å². The molecule has 1 heterocycles. The topological polar surface area (TPSA) is 65.4 Å². The van der Waals surface area contributed by atoms with Gasteiger partial charge < -0.3 is 19.4 Å². The molecule has 1 aromatic carbocycles. The second-order valence-electron chi connectivity index (χ2n) is 5.43. The van der Waals surface area contributed by atoms with E-state index in [1.54, 1.807) is 38.9 Å². The van der Waals surface area contributed by atoms with Crippen LogP contribution in [0.1, 0.15) is 29.8 Å². The van der Waals surface area contributed by atoms with E-state index in [0.717, 1.165) is 5.56 Å². The summed E-state index contributed by atoms with van der Waals surface area (Å²) in [6, 6.07) is 3.44. The lowest BCUT2D eigenvalue weighted by Crippen LogP contribution is -2.35. The molecule has 1 aromatic heterocycles. The number of allylic oxidation sites excluding steroid dienone is 1. The van der Waals surface area contributed by atoms with Crippen molar-refractivity contribution >= 4 is 12.0 Å². The highest BCUT2D eigenvalue weighted by Gasteiger charge is 2.16. The summed E-state index contributed by atoms with van der Waals surface area (Å²) >= 11 is 0. The summed E-state index contributed by atoms with van der Waals surface area (Å²) in [6.07, 6.45) is 9.08. The maximum atomic E-state index is 12.6. The molecule has 0 spiro atoms. The van der Waals surface area contributed by atoms with E-state index in [4.69, 9.17) is 9.47 Å². The molecule has 1 atom stereocenters. The van der Waals surface area contributed by atoms with Crippen LogP contribution in [0.25, 0.3) is 6.08 Å². The Morgan fingerprint density at radius 3 is 2.75 bits per heavy atom. The average molecular weight is 329 g/mol. The van der Waals surface area contributed by atoms with E-state index < -0.39 is 0 Å². The van der Waals surface area contributed by atoms with E-state index in [2.05, 4.69) is 10.3 Å². The zero-order valence-electron chi connectivity index (χ0n) is 14.4. The van der Waals surface area contributed by atoms with E-state index in [-0.39, 0.29) is 11.9 Å². The highest BCUT2D eigenvalue weighted by molar-refractivity contribution is 5.96. The Hall–Kier alpha value is -2.76. The van der Waals surface area contributed by atoms with E-state index in [1.807, 2.05) is 36.8 Å². The number of rotatable bonds is 7. The van der Waals surface area contributed by atoms with Crippen molar-refractivity contribution in [2.24, 2.45) is 0 Å². The molecule has 0 bridgehead atoms. The number of nitrogens with one attached hydrogen (secondary N) is 1. The minimum absolute atomic E-state index is 0.0371. The highest BCUT2D eigenvalue weighted by atomic mass is 16.5.